The van der Waals surface area contributed by atoms with Gasteiger partial charge in [0.15, 0.2) is 5.96 Å². The minimum absolute atomic E-state index is 0. The van der Waals surface area contributed by atoms with Crippen LogP contribution in [0, 0.1) is 0 Å². The van der Waals surface area contributed by atoms with E-state index in [1.807, 2.05) is 25.1 Å². The summed E-state index contributed by atoms with van der Waals surface area (Å²) in [5.41, 5.74) is 3.15. The van der Waals surface area contributed by atoms with Gasteiger partial charge in [0.2, 0.25) is 10.0 Å². The van der Waals surface area contributed by atoms with Crippen molar-refractivity contribution < 1.29 is 8.42 Å². The number of sulfonamides is 1. The van der Waals surface area contributed by atoms with Crippen LogP contribution in [-0.4, -0.2) is 45.9 Å². The first-order chi connectivity index (χ1) is 12.9. The molecule has 0 spiro atoms. The number of para-hydroxylation sites is 1. The fraction of sp³-hybridized carbons (Fsp3) is 0.350. The zero-order chi connectivity index (χ0) is 19.4. The van der Waals surface area contributed by atoms with E-state index >= 15 is 0 Å². The van der Waals surface area contributed by atoms with Crippen LogP contribution in [0.4, 0.5) is 5.69 Å². The summed E-state index contributed by atoms with van der Waals surface area (Å²) in [7, 11) is -0.421. The molecule has 6 nitrogen and oxygen atoms in total. The summed E-state index contributed by atoms with van der Waals surface area (Å²) >= 11 is 0. The van der Waals surface area contributed by atoms with Crippen LogP contribution in [0.1, 0.15) is 18.1 Å². The second-order valence-electron chi connectivity index (χ2n) is 6.60. The maximum absolute atomic E-state index is 12.6. The molecule has 0 saturated heterocycles. The number of benzene rings is 2. The van der Waals surface area contributed by atoms with Crippen LogP contribution in [0.15, 0.2) is 58.4 Å². The highest BCUT2D eigenvalue weighted by atomic mass is 127. The fourth-order valence-corrected chi connectivity index (χ4v) is 4.30. The maximum Gasteiger partial charge on any atom is 0.242 e. The van der Waals surface area contributed by atoms with E-state index in [2.05, 4.69) is 28.4 Å². The van der Waals surface area contributed by atoms with Crippen LogP contribution in [-0.2, 0) is 23.0 Å². The summed E-state index contributed by atoms with van der Waals surface area (Å²) in [4.78, 5) is 7.22. The number of aliphatic imine (C=N–C) groups is 1. The van der Waals surface area contributed by atoms with Crippen molar-refractivity contribution in [3.63, 3.8) is 0 Å². The highest BCUT2D eigenvalue weighted by molar-refractivity contribution is 14.0. The number of fused-ring (bicyclic) bond motifs is 1. The third-order valence-electron chi connectivity index (χ3n) is 4.61. The Morgan fingerprint density at radius 3 is 2.54 bits per heavy atom. The number of guanidine groups is 1. The van der Waals surface area contributed by atoms with Crippen molar-refractivity contribution in [2.75, 3.05) is 32.1 Å². The first kappa shape index (κ1) is 22.6. The molecule has 0 bridgehead atoms. The minimum atomic E-state index is -3.51. The molecule has 8 heteroatoms. The van der Waals surface area contributed by atoms with E-state index in [4.69, 9.17) is 4.99 Å². The second-order valence-corrected chi connectivity index (χ2v) is 8.72. The Bertz CT molecular complexity index is 945. The van der Waals surface area contributed by atoms with Gasteiger partial charge in [-0.3, -0.25) is 0 Å². The van der Waals surface area contributed by atoms with Crippen LogP contribution >= 0.6 is 24.0 Å². The molecule has 2 aromatic carbocycles. The Kier molecular flexibility index (Phi) is 7.85. The molecule has 2 aromatic rings. The molecule has 28 heavy (non-hydrogen) atoms. The standard InChI is InChI=1S/C20H26N4O2S.HI/c1-4-21-20(24-14-13-16-9-5-7-11-18(16)24)22-15-17-10-6-8-12-19(17)27(25,26)23(2)3;/h5-12H,4,13-15H2,1-3H3,(H,21,22);1H. The Balaban J connectivity index is 0.00000280. The quantitative estimate of drug-likeness (QED) is 0.379. The average Bonchev–Trinajstić information content (AvgIpc) is 3.09. The highest BCUT2D eigenvalue weighted by Gasteiger charge is 2.23. The first-order valence-corrected chi connectivity index (χ1v) is 10.5. The number of anilines is 1. The average molecular weight is 514 g/mol. The van der Waals surface area contributed by atoms with E-state index in [0.29, 0.717) is 17.0 Å². The van der Waals surface area contributed by atoms with Crippen molar-refractivity contribution in [1.29, 1.82) is 0 Å². The Morgan fingerprint density at radius 1 is 1.14 bits per heavy atom. The van der Waals surface area contributed by atoms with E-state index in [0.717, 1.165) is 31.2 Å². The van der Waals surface area contributed by atoms with Crippen molar-refractivity contribution in [2.45, 2.75) is 24.8 Å². The molecule has 0 radical (unpaired) electrons. The van der Waals surface area contributed by atoms with E-state index < -0.39 is 10.0 Å². The first-order valence-electron chi connectivity index (χ1n) is 9.09. The molecule has 0 saturated carbocycles. The van der Waals surface area contributed by atoms with Crippen LogP contribution in [0.25, 0.3) is 0 Å². The van der Waals surface area contributed by atoms with Crippen molar-refractivity contribution >= 4 is 45.6 Å². The topological polar surface area (TPSA) is 65.0 Å². The molecule has 1 aliphatic rings. The van der Waals surface area contributed by atoms with Gasteiger partial charge >= 0.3 is 0 Å². The summed E-state index contributed by atoms with van der Waals surface area (Å²) in [5, 5.41) is 3.33. The van der Waals surface area contributed by atoms with Crippen LogP contribution in [0.2, 0.25) is 0 Å². The smallest absolute Gasteiger partial charge is 0.242 e. The third kappa shape index (κ3) is 4.66. The molecular formula is C20H27IN4O2S. The van der Waals surface area contributed by atoms with Gasteiger partial charge in [0, 0.05) is 32.9 Å². The summed E-state index contributed by atoms with van der Waals surface area (Å²) in [6.45, 7) is 3.93. The van der Waals surface area contributed by atoms with Crippen molar-refractivity contribution in [1.82, 2.24) is 9.62 Å². The lowest BCUT2D eigenvalue weighted by Gasteiger charge is -2.22. The summed E-state index contributed by atoms with van der Waals surface area (Å²) in [6.07, 6.45) is 0.978. The SMILES string of the molecule is CCNC(=NCc1ccccc1S(=O)(=O)N(C)C)N1CCc2ccccc21.I. The Morgan fingerprint density at radius 2 is 1.82 bits per heavy atom. The van der Waals surface area contributed by atoms with E-state index in [9.17, 15) is 8.42 Å². The zero-order valence-electron chi connectivity index (χ0n) is 16.4. The lowest BCUT2D eigenvalue weighted by Crippen LogP contribution is -2.40. The Hall–Kier alpha value is -1.65. The van der Waals surface area contributed by atoms with Gasteiger partial charge in [0.25, 0.3) is 0 Å². The van der Waals surface area contributed by atoms with Crippen molar-refractivity contribution in [3.8, 4) is 0 Å². The van der Waals surface area contributed by atoms with Gasteiger partial charge in [-0.05, 0) is 36.6 Å². The molecular weight excluding hydrogens is 487 g/mol. The lowest BCUT2D eigenvalue weighted by atomic mass is 10.2. The van der Waals surface area contributed by atoms with E-state index in [1.165, 1.54) is 9.87 Å². The molecule has 0 fully saturated rings. The monoisotopic (exact) mass is 514 g/mol. The molecule has 1 N–H and O–H groups in total. The number of nitrogens with one attached hydrogen (secondary N) is 1. The molecule has 0 aromatic heterocycles. The third-order valence-corrected chi connectivity index (χ3v) is 6.52. The number of nitrogens with zero attached hydrogens (tertiary/aromatic N) is 3. The van der Waals surface area contributed by atoms with Crippen molar-refractivity contribution in [3.05, 3.63) is 59.7 Å². The molecule has 0 unspecified atom stereocenters. The number of hydrogen-bond donors (Lipinski definition) is 1. The van der Waals surface area contributed by atoms with Gasteiger partial charge in [0.05, 0.1) is 11.4 Å². The molecule has 0 amide bonds. The van der Waals surface area contributed by atoms with Gasteiger partial charge in [-0.1, -0.05) is 36.4 Å². The van der Waals surface area contributed by atoms with Crippen molar-refractivity contribution in [2.24, 2.45) is 4.99 Å². The number of hydrogen-bond acceptors (Lipinski definition) is 3. The van der Waals surface area contributed by atoms with Crippen LogP contribution in [0.5, 0.6) is 0 Å². The molecule has 152 valence electrons. The van der Waals surface area contributed by atoms with Gasteiger partial charge in [-0.2, -0.15) is 0 Å². The largest absolute Gasteiger partial charge is 0.356 e. The van der Waals surface area contributed by atoms with Crippen LogP contribution < -0.4 is 10.2 Å². The molecule has 0 atom stereocenters. The van der Waals surface area contributed by atoms with E-state index in [-0.39, 0.29) is 24.0 Å². The molecule has 1 heterocycles. The van der Waals surface area contributed by atoms with Crippen LogP contribution in [0.3, 0.4) is 0 Å². The summed E-state index contributed by atoms with van der Waals surface area (Å²) in [6, 6.07) is 15.4. The second kappa shape index (κ2) is 9.71. The molecule has 3 rings (SSSR count). The summed E-state index contributed by atoms with van der Waals surface area (Å²) < 4.78 is 26.4. The van der Waals surface area contributed by atoms with Gasteiger partial charge in [-0.15, -0.1) is 24.0 Å². The normalized spacial score (nSPS) is 14.0. The number of halogens is 1. The maximum atomic E-state index is 12.6. The van der Waals surface area contributed by atoms with Gasteiger partial charge in [-0.25, -0.2) is 17.7 Å². The molecule has 0 aliphatic carbocycles. The fourth-order valence-electron chi connectivity index (χ4n) is 3.20. The Labute approximate surface area is 184 Å². The minimum Gasteiger partial charge on any atom is -0.356 e. The predicted molar refractivity (Wildman–Crippen MR) is 125 cm³/mol. The lowest BCUT2D eigenvalue weighted by molar-refractivity contribution is 0.519. The zero-order valence-corrected chi connectivity index (χ0v) is 19.6. The van der Waals surface area contributed by atoms with E-state index in [1.54, 1.807) is 26.2 Å². The van der Waals surface area contributed by atoms with Gasteiger partial charge in [0.1, 0.15) is 0 Å². The number of rotatable bonds is 5. The molecule has 1 aliphatic heterocycles. The summed E-state index contributed by atoms with van der Waals surface area (Å²) in [5.74, 6) is 0.777. The highest BCUT2D eigenvalue weighted by Crippen LogP contribution is 2.27. The van der Waals surface area contributed by atoms with Gasteiger partial charge < -0.3 is 10.2 Å². The predicted octanol–water partition coefficient (Wildman–Crippen LogP) is 3.08.